The van der Waals surface area contributed by atoms with Crippen molar-refractivity contribution in [2.24, 2.45) is 0 Å². The fraction of sp³-hybridized carbons (Fsp3) is 0. The fourth-order valence-corrected chi connectivity index (χ4v) is 2.51. The number of rotatable bonds is 1. The van der Waals surface area contributed by atoms with Crippen LogP contribution in [0, 0.1) is 5.95 Å². The average molecular weight is 233 g/mol. The number of hydrogen-bond acceptors (Lipinski definition) is 3. The van der Waals surface area contributed by atoms with Gasteiger partial charge in [0.15, 0.2) is 5.95 Å². The minimum atomic E-state index is -0.378. The molecule has 16 heavy (non-hydrogen) atoms. The molecule has 1 aromatic carbocycles. The largest absolute Gasteiger partial charge is 0.508 e. The van der Waals surface area contributed by atoms with Crippen LogP contribution in [0.25, 0.3) is 20.8 Å². The topological polar surface area (TPSA) is 48.9 Å². The van der Waals surface area contributed by atoms with Crippen molar-refractivity contribution in [1.29, 1.82) is 0 Å². The van der Waals surface area contributed by atoms with Gasteiger partial charge >= 0.3 is 0 Å². The van der Waals surface area contributed by atoms with E-state index < -0.39 is 0 Å². The van der Waals surface area contributed by atoms with Crippen LogP contribution in [0.4, 0.5) is 4.39 Å². The van der Waals surface area contributed by atoms with E-state index in [0.717, 1.165) is 20.8 Å². The zero-order chi connectivity index (χ0) is 11.1. The Morgan fingerprint density at radius 1 is 1.31 bits per heavy atom. The molecule has 2 aromatic heterocycles. The summed E-state index contributed by atoms with van der Waals surface area (Å²) in [6.45, 7) is 0. The van der Waals surface area contributed by atoms with E-state index in [4.69, 9.17) is 0 Å². The summed E-state index contributed by atoms with van der Waals surface area (Å²) in [5, 5.41) is 10.1. The third-order valence-corrected chi connectivity index (χ3v) is 3.33. The Morgan fingerprint density at radius 2 is 2.19 bits per heavy atom. The number of nitrogens with one attached hydrogen (secondary N) is 1. The summed E-state index contributed by atoms with van der Waals surface area (Å²) < 4.78 is 13.7. The van der Waals surface area contributed by atoms with Gasteiger partial charge in [-0.3, -0.25) is 0 Å². The Balaban J connectivity index is 2.18. The zero-order valence-corrected chi connectivity index (χ0v) is 8.88. The van der Waals surface area contributed by atoms with Crippen LogP contribution in [-0.4, -0.2) is 15.1 Å². The van der Waals surface area contributed by atoms with Crippen LogP contribution in [0.2, 0.25) is 0 Å². The summed E-state index contributed by atoms with van der Waals surface area (Å²) in [6, 6.07) is 6.38. The summed E-state index contributed by atoms with van der Waals surface area (Å²) >= 11 is 1.42. The molecule has 0 aliphatic rings. The van der Waals surface area contributed by atoms with Crippen LogP contribution in [0.5, 0.6) is 5.75 Å². The van der Waals surface area contributed by atoms with Crippen LogP contribution in [0.15, 0.2) is 30.5 Å². The minimum Gasteiger partial charge on any atom is -0.508 e. The third kappa shape index (κ3) is 1.45. The molecule has 3 nitrogen and oxygen atoms in total. The highest BCUT2D eigenvalue weighted by Crippen LogP contribution is 2.32. The van der Waals surface area contributed by atoms with Gasteiger partial charge in [0.25, 0.3) is 0 Å². The van der Waals surface area contributed by atoms with Gasteiger partial charge in [-0.05, 0) is 18.2 Å². The maximum absolute atomic E-state index is 12.8. The molecule has 2 N–H and O–H groups in total. The van der Waals surface area contributed by atoms with Gasteiger partial charge in [-0.15, -0.1) is 11.3 Å². The van der Waals surface area contributed by atoms with E-state index in [0.29, 0.717) is 0 Å². The van der Waals surface area contributed by atoms with E-state index in [1.165, 1.54) is 17.4 Å². The third-order valence-electron chi connectivity index (χ3n) is 2.27. The lowest BCUT2D eigenvalue weighted by molar-refractivity contribution is 0.476. The Kier molecular flexibility index (Phi) is 1.94. The first-order valence-corrected chi connectivity index (χ1v) is 5.48. The van der Waals surface area contributed by atoms with Gasteiger partial charge in [0.2, 0.25) is 0 Å². The van der Waals surface area contributed by atoms with Crippen LogP contribution in [-0.2, 0) is 0 Å². The van der Waals surface area contributed by atoms with E-state index in [-0.39, 0.29) is 11.7 Å². The van der Waals surface area contributed by atoms with Gasteiger partial charge in [0.05, 0.1) is 10.2 Å². The van der Waals surface area contributed by atoms with Crippen molar-refractivity contribution in [2.45, 2.75) is 0 Å². The summed E-state index contributed by atoms with van der Waals surface area (Å²) in [5.41, 5.74) is 1.53. The summed E-state index contributed by atoms with van der Waals surface area (Å²) in [6.07, 6.45) is 1.58. The molecular formula is C11H7FN2OS. The van der Waals surface area contributed by atoms with E-state index >= 15 is 0 Å². The van der Waals surface area contributed by atoms with Crippen molar-refractivity contribution < 1.29 is 9.50 Å². The lowest BCUT2D eigenvalue weighted by Gasteiger charge is -1.87. The molecule has 0 fully saturated rings. The normalized spacial score (nSPS) is 11.1. The number of fused-ring (bicyclic) bond motifs is 1. The molecule has 0 saturated carbocycles. The van der Waals surface area contributed by atoms with Crippen molar-refractivity contribution in [1.82, 2.24) is 9.97 Å². The predicted molar refractivity (Wildman–Crippen MR) is 61.0 cm³/mol. The van der Waals surface area contributed by atoms with E-state index in [9.17, 15) is 9.50 Å². The van der Waals surface area contributed by atoms with Gasteiger partial charge in [0.1, 0.15) is 10.8 Å². The summed E-state index contributed by atoms with van der Waals surface area (Å²) in [7, 11) is 0. The van der Waals surface area contributed by atoms with Crippen LogP contribution in [0.1, 0.15) is 0 Å². The van der Waals surface area contributed by atoms with Crippen molar-refractivity contribution >= 4 is 21.6 Å². The maximum Gasteiger partial charge on any atom is 0.191 e. The number of phenols is 1. The van der Waals surface area contributed by atoms with Crippen molar-refractivity contribution in [2.75, 3.05) is 0 Å². The molecular weight excluding hydrogens is 226 g/mol. The SMILES string of the molecule is Oc1ccc2nc(-c3c[nH]c([18F])c3)sc2c1. The average Bonchev–Trinajstić information content (AvgIpc) is 2.83. The zero-order valence-electron chi connectivity index (χ0n) is 8.07. The Hall–Kier alpha value is -1.88. The number of nitrogens with zero attached hydrogens (tertiary/aromatic N) is 1. The second-order valence-corrected chi connectivity index (χ2v) is 4.44. The number of halogens is 1. The number of benzene rings is 1. The quantitative estimate of drug-likeness (QED) is 0.678. The maximum atomic E-state index is 12.8. The second kappa shape index (κ2) is 3.31. The molecule has 80 valence electrons. The highest BCUT2D eigenvalue weighted by atomic mass is 32.1. The molecule has 3 rings (SSSR count). The Bertz CT molecular complexity index is 659. The van der Waals surface area contributed by atoms with Crippen LogP contribution >= 0.6 is 11.3 Å². The molecule has 0 radical (unpaired) electrons. The molecule has 2 heterocycles. The van der Waals surface area contributed by atoms with Crippen molar-refractivity contribution in [3.63, 3.8) is 0 Å². The molecule has 0 saturated heterocycles. The fourth-order valence-electron chi connectivity index (χ4n) is 1.53. The standard InChI is InChI=1S/C11H7FN2OS/c12-10-3-6(5-13-10)11-14-8-2-1-7(15)4-9(8)16-11/h1-5,13,15H/i12-1. The summed E-state index contributed by atoms with van der Waals surface area (Å²) in [5.74, 6) is -0.167. The molecule has 0 aliphatic heterocycles. The molecule has 0 aliphatic carbocycles. The highest BCUT2D eigenvalue weighted by Gasteiger charge is 2.08. The number of H-pyrrole nitrogens is 1. The molecule has 3 aromatic rings. The summed E-state index contributed by atoms with van der Waals surface area (Å²) in [4.78, 5) is 6.83. The monoisotopic (exact) mass is 233 g/mol. The number of aromatic amines is 1. The molecule has 5 heteroatoms. The van der Waals surface area contributed by atoms with Gasteiger partial charge in [-0.25, -0.2) is 4.98 Å². The van der Waals surface area contributed by atoms with Gasteiger partial charge in [-0.2, -0.15) is 4.39 Å². The van der Waals surface area contributed by atoms with Crippen LogP contribution < -0.4 is 0 Å². The Labute approximate surface area is 94.2 Å². The molecule has 0 bridgehead atoms. The number of aromatic hydroxyl groups is 1. The lowest BCUT2D eigenvalue weighted by atomic mass is 10.3. The smallest absolute Gasteiger partial charge is 0.191 e. The number of aromatic nitrogens is 2. The van der Waals surface area contributed by atoms with E-state index in [1.807, 2.05) is 0 Å². The Morgan fingerprint density at radius 3 is 2.94 bits per heavy atom. The van der Waals surface area contributed by atoms with E-state index in [2.05, 4.69) is 9.97 Å². The lowest BCUT2D eigenvalue weighted by Crippen LogP contribution is -1.70. The predicted octanol–water partition coefficient (Wildman–Crippen LogP) is 3.14. The molecule has 0 spiro atoms. The number of thiazole rings is 1. The first-order valence-electron chi connectivity index (χ1n) is 4.66. The van der Waals surface area contributed by atoms with E-state index in [1.54, 1.807) is 24.4 Å². The highest BCUT2D eigenvalue weighted by molar-refractivity contribution is 7.21. The minimum absolute atomic E-state index is 0.211. The van der Waals surface area contributed by atoms with Gasteiger partial charge < -0.3 is 10.1 Å². The number of phenolic OH excluding ortho intramolecular Hbond substituents is 1. The van der Waals surface area contributed by atoms with Crippen LogP contribution in [0.3, 0.4) is 0 Å². The molecule has 0 amide bonds. The number of hydrogen-bond donors (Lipinski definition) is 2. The van der Waals surface area contributed by atoms with Gasteiger partial charge in [-0.1, -0.05) is 0 Å². The molecule has 0 atom stereocenters. The molecule has 0 unspecified atom stereocenters. The second-order valence-electron chi connectivity index (χ2n) is 3.41. The first kappa shape index (κ1) is 9.35. The first-order chi connectivity index (χ1) is 7.72. The van der Waals surface area contributed by atoms with Crippen molar-refractivity contribution in [3.05, 3.63) is 36.4 Å². The van der Waals surface area contributed by atoms with Gasteiger partial charge in [0, 0.05) is 17.8 Å². The van der Waals surface area contributed by atoms with Crippen molar-refractivity contribution in [3.8, 4) is 16.3 Å².